The number of ether oxygens (including phenoxy) is 2. The number of fused-ring (bicyclic) bond motifs is 7. The Morgan fingerprint density at radius 3 is 2.59 bits per heavy atom. The SMILES string of the molecule is COc1c(N2C[C@@H]3CCCN[C@@H]3C2)c(F)cc2c(=O)c(C(=O)OCC(=O)[C@]3(O)[C@@H](C)C[C@@H]4[C@H]5CCC6=CC(=O)C=C[C@@]6(C)[C@]5(F)[C@H](O)C[C@]43C)cn(C3CC3)c12. The van der Waals surface area contributed by atoms with Crippen LogP contribution in [0, 0.1) is 40.3 Å². The number of benzene rings is 1. The lowest BCUT2D eigenvalue weighted by molar-refractivity contribution is -0.219. The van der Waals surface area contributed by atoms with Gasteiger partial charge in [0.25, 0.3) is 0 Å². The molecule has 2 aliphatic heterocycles. The number of esters is 1. The van der Waals surface area contributed by atoms with Crippen molar-refractivity contribution in [3.05, 3.63) is 57.7 Å². The number of aliphatic hydroxyl groups is 2. The number of hydrogen-bond acceptors (Lipinski definition) is 10. The maximum absolute atomic E-state index is 17.6. The van der Waals surface area contributed by atoms with Crippen LogP contribution in [0.2, 0.25) is 0 Å². The van der Waals surface area contributed by atoms with Crippen molar-refractivity contribution < 1.29 is 42.9 Å². The normalized spacial score (nSPS) is 38.8. The minimum atomic E-state index is -2.14. The van der Waals surface area contributed by atoms with Gasteiger partial charge in [0.15, 0.2) is 29.6 Å². The molecular formula is C43H51F2N3O8. The number of nitrogens with zero attached hydrogens (tertiary/aromatic N) is 2. The highest BCUT2D eigenvalue weighted by molar-refractivity contribution is 6.01. The Hall–Kier alpha value is -3.94. The number of alkyl halides is 1. The smallest absolute Gasteiger partial charge is 0.344 e. The van der Waals surface area contributed by atoms with E-state index in [1.165, 1.54) is 31.5 Å². The van der Waals surface area contributed by atoms with Crippen LogP contribution in [0.4, 0.5) is 14.5 Å². The third kappa shape index (κ3) is 5.01. The molecule has 2 aromatic rings. The van der Waals surface area contributed by atoms with Crippen molar-refractivity contribution in [3.8, 4) is 5.75 Å². The number of nitrogens with one attached hydrogen (secondary N) is 1. The molecule has 0 spiro atoms. The lowest BCUT2D eigenvalue weighted by atomic mass is 9.44. The molecular weight excluding hydrogens is 724 g/mol. The number of Topliss-reactive ketones (excluding diaryl/α,β-unsaturated/α-hetero) is 1. The van der Waals surface area contributed by atoms with Crippen LogP contribution >= 0.6 is 0 Å². The first-order valence-electron chi connectivity index (χ1n) is 20.3. The van der Waals surface area contributed by atoms with Crippen molar-refractivity contribution in [2.24, 2.45) is 34.5 Å². The zero-order valence-corrected chi connectivity index (χ0v) is 32.4. The second kappa shape index (κ2) is 12.8. The predicted octanol–water partition coefficient (Wildman–Crippen LogP) is 4.75. The number of aliphatic hydroxyl groups excluding tert-OH is 1. The highest BCUT2D eigenvalue weighted by Gasteiger charge is 2.75. The van der Waals surface area contributed by atoms with Crippen molar-refractivity contribution >= 4 is 34.1 Å². The Morgan fingerprint density at radius 1 is 1.11 bits per heavy atom. The van der Waals surface area contributed by atoms with Crippen molar-refractivity contribution in [1.82, 2.24) is 9.88 Å². The number of piperidine rings is 1. The van der Waals surface area contributed by atoms with Gasteiger partial charge in [0.1, 0.15) is 16.9 Å². The van der Waals surface area contributed by atoms with Gasteiger partial charge < -0.3 is 34.5 Å². The number of halogens is 2. The number of rotatable bonds is 7. The van der Waals surface area contributed by atoms with Gasteiger partial charge in [-0.1, -0.05) is 25.5 Å². The molecule has 4 saturated carbocycles. The minimum absolute atomic E-state index is 0.0360. The Morgan fingerprint density at radius 2 is 1.88 bits per heavy atom. The lowest BCUT2D eigenvalue weighted by Gasteiger charge is -2.62. The van der Waals surface area contributed by atoms with E-state index < -0.39 is 75.6 Å². The topological polar surface area (TPSA) is 147 Å². The standard InChI is InChI=1S/C43H51F2N3O8/c1-22-14-30-29-10-7-24-15-26(49)11-12-40(24,2)42(29,45)33(50)17-41(30,3)43(22,54)34(51)21-56-39(53)28-19-48(25-8-9-25)35-27(37(28)52)16-31(44)36(38(35)55-4)47-18-23-6-5-13-46-32(23)20-47/h11-12,15-16,19,22-23,25,29-30,32-33,46,50,54H,5-10,13-14,17-18,20-21H2,1-4H3/t22-,23-,29+,30+,32+,33+,40+,41+,42+,43+/m0/s1. The Kier molecular flexibility index (Phi) is 8.59. The van der Waals surface area contributed by atoms with Gasteiger partial charge in [-0.25, -0.2) is 13.6 Å². The highest BCUT2D eigenvalue weighted by Crippen LogP contribution is 2.70. The van der Waals surface area contributed by atoms with E-state index in [0.29, 0.717) is 55.0 Å². The number of anilines is 1. The van der Waals surface area contributed by atoms with Crippen molar-refractivity contribution in [2.75, 3.05) is 38.3 Å². The number of pyridine rings is 1. The molecule has 0 amide bonds. The molecule has 5 aliphatic carbocycles. The Labute approximate surface area is 324 Å². The van der Waals surface area contributed by atoms with Crippen molar-refractivity contribution in [3.63, 3.8) is 0 Å². The Balaban J connectivity index is 0.997. The molecule has 3 heterocycles. The van der Waals surface area contributed by atoms with E-state index in [1.807, 2.05) is 4.90 Å². The summed E-state index contributed by atoms with van der Waals surface area (Å²) in [5, 5.41) is 27.6. The first-order valence-corrected chi connectivity index (χ1v) is 20.3. The van der Waals surface area contributed by atoms with Crippen LogP contribution in [0.5, 0.6) is 5.75 Å². The number of carbonyl (C=O) groups excluding carboxylic acids is 3. The second-order valence-corrected chi connectivity index (χ2v) is 18.2. The molecule has 0 unspecified atom stereocenters. The third-order valence-corrected chi connectivity index (χ3v) is 15.5. The van der Waals surface area contributed by atoms with Gasteiger partial charge >= 0.3 is 5.97 Å². The van der Waals surface area contributed by atoms with E-state index in [4.69, 9.17) is 9.47 Å². The summed E-state index contributed by atoms with van der Waals surface area (Å²) in [7, 11) is 1.45. The van der Waals surface area contributed by atoms with Crippen LogP contribution < -0.4 is 20.4 Å². The molecule has 6 fully saturated rings. The van der Waals surface area contributed by atoms with Gasteiger partial charge in [-0.3, -0.25) is 14.4 Å². The second-order valence-electron chi connectivity index (χ2n) is 18.2. The van der Waals surface area contributed by atoms with Gasteiger partial charge in [0.05, 0.1) is 24.1 Å². The Bertz CT molecular complexity index is 2170. The van der Waals surface area contributed by atoms with Crippen LogP contribution in [0.15, 0.2) is 40.9 Å². The molecule has 1 aromatic carbocycles. The van der Waals surface area contributed by atoms with Crippen LogP contribution in [-0.2, 0) is 14.3 Å². The van der Waals surface area contributed by atoms with Gasteiger partial charge in [0.2, 0.25) is 11.2 Å². The molecule has 3 N–H and O–H groups in total. The molecule has 56 heavy (non-hydrogen) atoms. The fraction of sp³-hybridized carbons (Fsp3) is 0.628. The summed E-state index contributed by atoms with van der Waals surface area (Å²) in [5.74, 6) is -4.01. The summed E-state index contributed by atoms with van der Waals surface area (Å²) in [4.78, 5) is 56.2. The summed E-state index contributed by atoms with van der Waals surface area (Å²) >= 11 is 0. The molecule has 11 nitrogen and oxygen atoms in total. The van der Waals surface area contributed by atoms with Gasteiger partial charge in [-0.2, -0.15) is 0 Å². The maximum Gasteiger partial charge on any atom is 0.344 e. The average molecular weight is 776 g/mol. The van der Waals surface area contributed by atoms with Gasteiger partial charge in [-0.05, 0) is 101 Å². The largest absolute Gasteiger partial charge is 0.492 e. The lowest BCUT2D eigenvalue weighted by Crippen LogP contribution is -2.69. The average Bonchev–Trinajstić information content (AvgIpc) is 3.89. The predicted molar refractivity (Wildman–Crippen MR) is 203 cm³/mol. The zero-order chi connectivity index (χ0) is 39.7. The summed E-state index contributed by atoms with van der Waals surface area (Å²) in [6.45, 7) is 6.44. The number of allylic oxidation sites excluding steroid dienone is 4. The fourth-order valence-corrected chi connectivity index (χ4v) is 12.4. The number of hydrogen-bond donors (Lipinski definition) is 3. The first-order chi connectivity index (χ1) is 26.6. The fourth-order valence-electron chi connectivity index (χ4n) is 12.4. The van der Waals surface area contributed by atoms with Crippen molar-refractivity contribution in [2.45, 2.75) is 102 Å². The third-order valence-electron chi connectivity index (χ3n) is 15.5. The van der Waals surface area contributed by atoms with Crippen LogP contribution in [0.3, 0.4) is 0 Å². The van der Waals surface area contributed by atoms with Gasteiger partial charge in [-0.15, -0.1) is 0 Å². The molecule has 300 valence electrons. The van der Waals surface area contributed by atoms with E-state index in [2.05, 4.69) is 5.32 Å². The van der Waals surface area contributed by atoms with E-state index in [-0.39, 0.29) is 41.0 Å². The zero-order valence-electron chi connectivity index (χ0n) is 32.4. The molecule has 13 heteroatoms. The van der Waals surface area contributed by atoms with Crippen LogP contribution in [-0.4, -0.2) is 89.1 Å². The summed E-state index contributed by atoms with van der Waals surface area (Å²) in [5.41, 5.74) is -6.51. The molecule has 9 rings (SSSR count). The first kappa shape index (κ1) is 37.6. The molecule has 10 atom stereocenters. The quantitative estimate of drug-likeness (QED) is 0.337. The summed E-state index contributed by atoms with van der Waals surface area (Å²) in [6, 6.07) is 1.34. The van der Waals surface area contributed by atoms with E-state index in [0.717, 1.165) is 32.2 Å². The van der Waals surface area contributed by atoms with E-state index in [9.17, 15) is 29.4 Å². The number of carbonyl (C=O) groups is 3. The maximum atomic E-state index is 17.6. The minimum Gasteiger partial charge on any atom is -0.492 e. The molecule has 0 bridgehead atoms. The molecule has 1 aromatic heterocycles. The highest BCUT2D eigenvalue weighted by atomic mass is 19.1. The molecule has 2 saturated heterocycles. The van der Waals surface area contributed by atoms with Crippen LogP contribution in [0.25, 0.3) is 10.9 Å². The van der Waals surface area contributed by atoms with E-state index >= 15 is 8.78 Å². The van der Waals surface area contributed by atoms with E-state index in [1.54, 1.807) is 31.4 Å². The molecule has 7 aliphatic rings. The number of aromatic nitrogens is 1. The number of ketones is 2. The summed E-state index contributed by atoms with van der Waals surface area (Å²) in [6.07, 6.45) is 8.72. The molecule has 0 radical (unpaired) electrons. The van der Waals surface area contributed by atoms with Crippen LogP contribution in [0.1, 0.15) is 88.5 Å². The summed E-state index contributed by atoms with van der Waals surface area (Å²) < 4.78 is 47.0. The number of methoxy groups -OCH3 is 1. The monoisotopic (exact) mass is 775 g/mol. The van der Waals surface area contributed by atoms with Crippen molar-refractivity contribution in [1.29, 1.82) is 0 Å². The van der Waals surface area contributed by atoms with Gasteiger partial charge in [0, 0.05) is 48.1 Å².